The highest BCUT2D eigenvalue weighted by molar-refractivity contribution is 7.40. The number of rotatable bonds is 6. The van der Waals surface area contributed by atoms with Crippen molar-refractivity contribution in [1.82, 2.24) is 0 Å². The average molecular weight is 1010 g/mol. The summed E-state index contributed by atoms with van der Waals surface area (Å²) in [5.74, 6) is 0. The molecule has 0 saturated heterocycles. The first-order chi connectivity index (χ1) is 23.1. The molecule has 250 valence electrons. The third-order valence-electron chi connectivity index (χ3n) is 5.05. The largest absolute Gasteiger partial charge is 0.822 e. The van der Waals surface area contributed by atoms with E-state index in [0.717, 1.165) is 0 Å². The molecule has 11 heteroatoms. The first-order valence-corrected chi connectivity index (χ1v) is 21.9. The van der Waals surface area contributed by atoms with Crippen LogP contribution < -0.4 is 78.3 Å². The third kappa shape index (κ3) is 23.7. The number of phosphoric acid groups is 1. The Morgan fingerprint density at radius 2 is 0.458 bits per heavy atom. The van der Waals surface area contributed by atoms with Gasteiger partial charge in [0.2, 0.25) is 0 Å². The maximum absolute atomic E-state index is 9.67. The van der Waals surface area contributed by atoms with Crippen molar-refractivity contribution in [2.75, 3.05) is 0 Å². The Kier molecular flexibility index (Phi) is 22.0. The van der Waals surface area contributed by atoms with E-state index < -0.39 is 14.5 Å². The SMILES string of the molecule is FC(F)F.O=P([O-])([O-])[O-].c1ccc([I+]c2ccccc2)cc1.c1ccc([I+]c2ccccc2)cc1.c1ccc([I+]c2ccccc2)cc1. The number of halogens is 6. The Morgan fingerprint density at radius 3 is 0.562 bits per heavy atom. The summed E-state index contributed by atoms with van der Waals surface area (Å²) in [6.07, 6.45) is 0. The van der Waals surface area contributed by atoms with Gasteiger partial charge in [-0.15, -0.1) is 0 Å². The molecule has 0 unspecified atom stereocenters. The van der Waals surface area contributed by atoms with Gasteiger partial charge in [0.15, 0.2) is 21.4 Å². The van der Waals surface area contributed by atoms with Gasteiger partial charge in [-0.05, 0) is 72.8 Å². The lowest BCUT2D eigenvalue weighted by Crippen LogP contribution is -3.61. The zero-order chi connectivity index (χ0) is 34.9. The standard InChI is InChI=1S/3C12H10I.CHF3.H3O4P/c3*1-3-7-11(8-4-1)13-12-9-5-2-6-10-12;2-1(3)4;1-5(2,3)4/h3*1-10H;1H;(H3,1,2,3,4)/q3*+1;;/p-3. The molecule has 0 bridgehead atoms. The molecule has 0 fully saturated rings. The predicted octanol–water partition coefficient (Wildman–Crippen LogP) is -2.20. The van der Waals surface area contributed by atoms with Crippen molar-refractivity contribution in [3.05, 3.63) is 203 Å². The molecular weight excluding hydrogens is 977 g/mol. The second-order valence-corrected chi connectivity index (χ2v) is 18.7. The summed E-state index contributed by atoms with van der Waals surface area (Å²) >= 11 is 0.0861. The van der Waals surface area contributed by atoms with Crippen LogP contribution in [0.5, 0.6) is 0 Å². The summed E-state index contributed by atoms with van der Waals surface area (Å²) < 4.78 is 46.4. The van der Waals surface area contributed by atoms with Crippen molar-refractivity contribution in [3.8, 4) is 0 Å². The molecule has 4 nitrogen and oxygen atoms in total. The van der Waals surface area contributed by atoms with E-state index in [1.54, 1.807) is 0 Å². The van der Waals surface area contributed by atoms with E-state index in [9.17, 15) is 13.2 Å². The zero-order valence-corrected chi connectivity index (χ0v) is 32.6. The summed E-state index contributed by atoms with van der Waals surface area (Å²) in [7, 11) is -5.39. The van der Waals surface area contributed by atoms with E-state index in [0.29, 0.717) is 0 Å². The number of hydrogen-bond acceptors (Lipinski definition) is 4. The normalized spacial score (nSPS) is 9.98. The van der Waals surface area contributed by atoms with Gasteiger partial charge < -0.3 is 19.2 Å². The van der Waals surface area contributed by atoms with Crippen molar-refractivity contribution < 1.29 is 96.0 Å². The van der Waals surface area contributed by atoms with Crippen LogP contribution in [0.1, 0.15) is 0 Å². The molecule has 6 rings (SSSR count). The number of hydrogen-bond donors (Lipinski definition) is 0. The van der Waals surface area contributed by atoms with Crippen LogP contribution in [0.15, 0.2) is 182 Å². The molecule has 6 aromatic rings. The van der Waals surface area contributed by atoms with Crippen LogP contribution in [0.3, 0.4) is 0 Å². The fraction of sp³-hybridized carbons (Fsp3) is 0.0270. The molecule has 0 spiro atoms. The maximum Gasteiger partial charge on any atom is 0.379 e. The van der Waals surface area contributed by atoms with Crippen LogP contribution in [0, 0.1) is 21.4 Å². The number of benzene rings is 6. The summed E-state index contributed by atoms with van der Waals surface area (Å²) in [6, 6.07) is 64.2. The second-order valence-electron chi connectivity index (χ2n) is 8.75. The van der Waals surface area contributed by atoms with E-state index in [2.05, 4.69) is 182 Å². The van der Waals surface area contributed by atoms with Gasteiger partial charge in [0.1, 0.15) is 0 Å². The molecule has 0 aliphatic carbocycles. The average Bonchev–Trinajstić information content (AvgIpc) is 3.07. The van der Waals surface area contributed by atoms with Gasteiger partial charge in [0.25, 0.3) is 0 Å². The Morgan fingerprint density at radius 1 is 0.354 bits per heavy atom. The predicted molar refractivity (Wildman–Crippen MR) is 166 cm³/mol. The summed E-state index contributed by atoms with van der Waals surface area (Å²) in [4.78, 5) is 25.6. The minimum Gasteiger partial charge on any atom is -0.822 e. The Balaban J connectivity index is 0.000000222. The monoisotopic (exact) mass is 1010 g/mol. The van der Waals surface area contributed by atoms with Crippen molar-refractivity contribution in [2.24, 2.45) is 0 Å². The highest BCUT2D eigenvalue weighted by Gasteiger charge is 2.14. The van der Waals surface area contributed by atoms with Crippen LogP contribution in [0.4, 0.5) is 13.2 Å². The molecule has 0 amide bonds. The van der Waals surface area contributed by atoms with Crippen LogP contribution in [0.25, 0.3) is 0 Å². The molecule has 6 aromatic carbocycles. The Labute approximate surface area is 311 Å². The lowest BCUT2D eigenvalue weighted by Gasteiger charge is -2.36. The van der Waals surface area contributed by atoms with Gasteiger partial charge in [-0.1, -0.05) is 109 Å². The van der Waals surface area contributed by atoms with Gasteiger partial charge >= 0.3 is 70.3 Å². The molecule has 0 aliphatic heterocycles. The maximum atomic E-state index is 9.67. The first-order valence-electron chi connectivity index (χ1n) is 14.0. The molecular formula is C37H31F3I3O4P. The molecule has 0 aromatic heterocycles. The van der Waals surface area contributed by atoms with E-state index in [4.69, 9.17) is 19.2 Å². The summed E-state index contributed by atoms with van der Waals surface area (Å²) in [5.41, 5.74) is 0. The molecule has 48 heavy (non-hydrogen) atoms. The Bertz CT molecular complexity index is 1370. The van der Waals surface area contributed by atoms with Crippen LogP contribution in [0.2, 0.25) is 0 Å². The minimum absolute atomic E-state index is 0.0287. The van der Waals surface area contributed by atoms with Gasteiger partial charge in [0.05, 0.1) is 0 Å². The van der Waals surface area contributed by atoms with E-state index in [1.165, 1.54) is 21.4 Å². The minimum atomic E-state index is -5.39. The summed E-state index contributed by atoms with van der Waals surface area (Å²) in [6.45, 7) is -3.67. The highest BCUT2D eigenvalue weighted by atomic mass is 127. The van der Waals surface area contributed by atoms with E-state index >= 15 is 0 Å². The fourth-order valence-electron chi connectivity index (χ4n) is 3.24. The van der Waals surface area contributed by atoms with Gasteiger partial charge in [-0.2, -0.15) is 21.0 Å². The molecule has 0 atom stereocenters. The van der Waals surface area contributed by atoms with Crippen LogP contribution >= 0.6 is 7.82 Å². The molecule has 0 N–H and O–H groups in total. The molecule has 0 radical (unpaired) electrons. The number of alkyl halides is 3. The highest BCUT2D eigenvalue weighted by Crippen LogP contribution is 2.03. The smallest absolute Gasteiger partial charge is 0.379 e. The van der Waals surface area contributed by atoms with Crippen molar-refractivity contribution in [3.63, 3.8) is 0 Å². The van der Waals surface area contributed by atoms with Crippen LogP contribution in [-0.2, 0) is 4.57 Å². The lowest BCUT2D eigenvalue weighted by atomic mass is 10.4. The molecule has 0 heterocycles. The van der Waals surface area contributed by atoms with Gasteiger partial charge in [-0.3, -0.25) is 0 Å². The van der Waals surface area contributed by atoms with Crippen molar-refractivity contribution in [1.29, 1.82) is 0 Å². The third-order valence-corrected chi connectivity index (χ3v) is 13.1. The summed E-state index contributed by atoms with van der Waals surface area (Å²) in [5, 5.41) is 0. The van der Waals surface area contributed by atoms with E-state index in [1.807, 2.05) is 0 Å². The quantitative estimate of drug-likeness (QED) is 0.140. The van der Waals surface area contributed by atoms with Gasteiger partial charge in [-0.25, -0.2) is 0 Å². The molecule has 0 aliphatic rings. The topological polar surface area (TPSA) is 86.2 Å². The fourth-order valence-corrected chi connectivity index (χ4v) is 10.1. The molecule has 0 saturated carbocycles. The first kappa shape index (κ1) is 41.6. The second kappa shape index (κ2) is 25.4. The Hall–Kier alpha value is -2.59. The van der Waals surface area contributed by atoms with Crippen LogP contribution in [-0.4, -0.2) is 6.68 Å². The van der Waals surface area contributed by atoms with Gasteiger partial charge in [0, 0.05) is 0 Å². The zero-order valence-electron chi connectivity index (χ0n) is 25.2. The van der Waals surface area contributed by atoms with E-state index in [-0.39, 0.29) is 63.6 Å². The lowest BCUT2D eigenvalue weighted by molar-refractivity contribution is -0.597. The van der Waals surface area contributed by atoms with Crippen molar-refractivity contribution in [2.45, 2.75) is 6.68 Å². The van der Waals surface area contributed by atoms with Crippen molar-refractivity contribution >= 4 is 7.82 Å².